The lowest BCUT2D eigenvalue weighted by atomic mass is 10.3. The molecule has 1 fully saturated rings. The highest BCUT2D eigenvalue weighted by molar-refractivity contribution is 7.89. The molecule has 0 aromatic heterocycles. The van der Waals surface area contributed by atoms with E-state index < -0.39 is 10.0 Å². The van der Waals surface area contributed by atoms with Crippen LogP contribution in [-0.2, 0) is 10.0 Å². The van der Waals surface area contributed by atoms with Gasteiger partial charge in [0.15, 0.2) is 0 Å². The van der Waals surface area contributed by atoms with E-state index in [1.54, 1.807) is 6.07 Å². The number of nitrogen functional groups attached to an aromatic ring is 1. The standard InChI is InChI=1S/C13H20ClN3O2S/c1-10-9-16(2)6-3-7-17(10)20(18,19)13-8-11(14)4-5-12(13)15/h4-5,8,10H,3,6-7,9,15H2,1-2H3. The minimum atomic E-state index is -3.61. The fourth-order valence-electron chi connectivity index (χ4n) is 2.57. The minimum absolute atomic E-state index is 0.0918. The molecule has 1 aliphatic rings. The van der Waals surface area contributed by atoms with E-state index in [0.29, 0.717) is 18.1 Å². The third-order valence-corrected chi connectivity index (χ3v) is 5.85. The number of sulfonamides is 1. The normalized spacial score (nSPS) is 22.6. The van der Waals surface area contributed by atoms with Crippen LogP contribution in [0.1, 0.15) is 13.3 Å². The Morgan fingerprint density at radius 3 is 2.75 bits per heavy atom. The topological polar surface area (TPSA) is 66.6 Å². The third kappa shape index (κ3) is 3.09. The summed E-state index contributed by atoms with van der Waals surface area (Å²) in [5.74, 6) is 0. The number of nitrogens with two attached hydrogens (primary N) is 1. The minimum Gasteiger partial charge on any atom is -0.398 e. The Labute approximate surface area is 125 Å². The van der Waals surface area contributed by atoms with Crippen LogP contribution in [-0.4, -0.2) is 50.3 Å². The van der Waals surface area contributed by atoms with Gasteiger partial charge >= 0.3 is 0 Å². The molecule has 0 amide bonds. The van der Waals surface area contributed by atoms with E-state index in [1.165, 1.54) is 16.4 Å². The van der Waals surface area contributed by atoms with Gasteiger partial charge in [-0.25, -0.2) is 8.42 Å². The molecule has 0 saturated carbocycles. The lowest BCUT2D eigenvalue weighted by molar-refractivity contribution is 0.290. The zero-order chi connectivity index (χ0) is 14.9. The summed E-state index contributed by atoms with van der Waals surface area (Å²) in [5.41, 5.74) is 6.05. The predicted molar refractivity (Wildman–Crippen MR) is 81.3 cm³/mol. The van der Waals surface area contributed by atoms with Gasteiger partial charge in [0.05, 0.1) is 5.69 Å². The van der Waals surface area contributed by atoms with Crippen molar-refractivity contribution in [1.29, 1.82) is 0 Å². The maximum Gasteiger partial charge on any atom is 0.245 e. The molecule has 0 spiro atoms. The first-order chi connectivity index (χ1) is 9.32. The van der Waals surface area contributed by atoms with Gasteiger partial charge in [0, 0.05) is 24.2 Å². The van der Waals surface area contributed by atoms with E-state index >= 15 is 0 Å². The summed E-state index contributed by atoms with van der Waals surface area (Å²) < 4.78 is 27.1. The van der Waals surface area contributed by atoms with E-state index in [4.69, 9.17) is 17.3 Å². The van der Waals surface area contributed by atoms with E-state index in [9.17, 15) is 8.42 Å². The Balaban J connectivity index is 2.41. The van der Waals surface area contributed by atoms with Gasteiger partial charge in [-0.1, -0.05) is 11.6 Å². The highest BCUT2D eigenvalue weighted by Crippen LogP contribution is 2.28. The Hall–Kier alpha value is -0.820. The maximum atomic E-state index is 12.8. The molecule has 1 aromatic rings. The molecular formula is C13H20ClN3O2S. The number of nitrogens with zero attached hydrogens (tertiary/aromatic N) is 2. The van der Waals surface area contributed by atoms with Gasteiger partial charge in [0.1, 0.15) is 4.90 Å². The molecular weight excluding hydrogens is 298 g/mol. The van der Waals surface area contributed by atoms with Gasteiger partial charge in [0.25, 0.3) is 0 Å². The monoisotopic (exact) mass is 317 g/mol. The molecule has 2 rings (SSSR count). The van der Waals surface area contributed by atoms with Crippen molar-refractivity contribution in [3.8, 4) is 0 Å². The molecule has 1 heterocycles. The fraction of sp³-hybridized carbons (Fsp3) is 0.538. The second-order valence-electron chi connectivity index (χ2n) is 5.26. The van der Waals surface area contributed by atoms with Gasteiger partial charge in [-0.15, -0.1) is 0 Å². The highest BCUT2D eigenvalue weighted by atomic mass is 35.5. The van der Waals surface area contributed by atoms with Crippen LogP contribution in [0.4, 0.5) is 5.69 Å². The average Bonchev–Trinajstić information content (AvgIpc) is 2.53. The summed E-state index contributed by atoms with van der Waals surface area (Å²) in [6.45, 7) is 4.01. The summed E-state index contributed by atoms with van der Waals surface area (Å²) in [5, 5.41) is 0.373. The van der Waals surface area contributed by atoms with Gasteiger partial charge in [-0.05, 0) is 45.1 Å². The Morgan fingerprint density at radius 2 is 2.05 bits per heavy atom. The number of rotatable bonds is 2. The van der Waals surface area contributed by atoms with Crippen LogP contribution in [0.15, 0.2) is 23.1 Å². The average molecular weight is 318 g/mol. The number of halogens is 1. The largest absolute Gasteiger partial charge is 0.398 e. The van der Waals surface area contributed by atoms with Crippen molar-refractivity contribution < 1.29 is 8.42 Å². The molecule has 0 bridgehead atoms. The summed E-state index contributed by atoms with van der Waals surface area (Å²) >= 11 is 5.91. The molecule has 112 valence electrons. The number of benzene rings is 1. The lowest BCUT2D eigenvalue weighted by Gasteiger charge is -2.27. The van der Waals surface area contributed by atoms with E-state index in [-0.39, 0.29) is 16.6 Å². The molecule has 1 atom stereocenters. The zero-order valence-corrected chi connectivity index (χ0v) is 13.3. The van der Waals surface area contributed by atoms with Gasteiger partial charge in [-0.2, -0.15) is 4.31 Å². The van der Waals surface area contributed by atoms with Gasteiger partial charge < -0.3 is 10.6 Å². The first-order valence-electron chi connectivity index (χ1n) is 6.58. The van der Waals surface area contributed by atoms with Crippen molar-refractivity contribution >= 4 is 27.3 Å². The van der Waals surface area contributed by atoms with Crippen LogP contribution in [0.2, 0.25) is 5.02 Å². The quantitative estimate of drug-likeness (QED) is 0.842. The van der Waals surface area contributed by atoms with Crippen molar-refractivity contribution in [2.45, 2.75) is 24.3 Å². The van der Waals surface area contributed by atoms with Crippen molar-refractivity contribution in [3.63, 3.8) is 0 Å². The Morgan fingerprint density at radius 1 is 1.35 bits per heavy atom. The van der Waals surface area contributed by atoms with E-state index in [0.717, 1.165) is 13.0 Å². The molecule has 1 unspecified atom stereocenters. The summed E-state index contributed by atoms with van der Waals surface area (Å²) in [7, 11) is -1.61. The first kappa shape index (κ1) is 15.6. The highest BCUT2D eigenvalue weighted by Gasteiger charge is 2.32. The van der Waals surface area contributed by atoms with Crippen molar-refractivity contribution in [2.24, 2.45) is 0 Å². The molecule has 0 radical (unpaired) electrons. The van der Waals surface area contributed by atoms with E-state index in [1.807, 2.05) is 14.0 Å². The zero-order valence-electron chi connectivity index (χ0n) is 11.7. The molecule has 0 aliphatic carbocycles. The van der Waals surface area contributed by atoms with Crippen LogP contribution in [0.5, 0.6) is 0 Å². The summed E-state index contributed by atoms with van der Waals surface area (Å²) in [6.07, 6.45) is 0.806. The summed E-state index contributed by atoms with van der Waals surface area (Å²) in [4.78, 5) is 2.24. The van der Waals surface area contributed by atoms with Crippen molar-refractivity contribution in [1.82, 2.24) is 9.21 Å². The fourth-order valence-corrected chi connectivity index (χ4v) is 4.61. The van der Waals surface area contributed by atoms with Crippen LogP contribution >= 0.6 is 11.6 Å². The second kappa shape index (κ2) is 5.89. The number of anilines is 1. The van der Waals surface area contributed by atoms with Gasteiger partial charge in [0.2, 0.25) is 10.0 Å². The van der Waals surface area contributed by atoms with Crippen LogP contribution in [0.25, 0.3) is 0 Å². The molecule has 20 heavy (non-hydrogen) atoms. The molecule has 5 nitrogen and oxygen atoms in total. The van der Waals surface area contributed by atoms with Crippen LogP contribution < -0.4 is 5.73 Å². The van der Waals surface area contributed by atoms with Crippen LogP contribution in [0.3, 0.4) is 0 Å². The Bertz CT molecular complexity index is 591. The molecule has 1 aliphatic heterocycles. The Kier molecular flexibility index (Phi) is 4.59. The van der Waals surface area contributed by atoms with Crippen molar-refractivity contribution in [3.05, 3.63) is 23.2 Å². The van der Waals surface area contributed by atoms with Gasteiger partial charge in [-0.3, -0.25) is 0 Å². The van der Waals surface area contributed by atoms with E-state index in [2.05, 4.69) is 4.90 Å². The lowest BCUT2D eigenvalue weighted by Crippen LogP contribution is -2.42. The third-order valence-electron chi connectivity index (χ3n) is 3.55. The first-order valence-corrected chi connectivity index (χ1v) is 8.39. The molecule has 2 N–H and O–H groups in total. The predicted octanol–water partition coefficient (Wildman–Crippen LogP) is 1.64. The molecule has 7 heteroatoms. The summed E-state index contributed by atoms with van der Waals surface area (Å²) in [6, 6.07) is 4.46. The SMILES string of the molecule is CC1CN(C)CCCN1S(=O)(=O)c1cc(Cl)ccc1N. The smallest absolute Gasteiger partial charge is 0.245 e. The molecule has 1 saturated heterocycles. The second-order valence-corrected chi connectivity index (χ2v) is 7.56. The van der Waals surface area contributed by atoms with Crippen molar-refractivity contribution in [2.75, 3.05) is 32.4 Å². The number of likely N-dealkylation sites (N-methyl/N-ethyl adjacent to an activating group) is 1. The molecule has 1 aromatic carbocycles. The number of hydrogen-bond donors (Lipinski definition) is 1. The van der Waals surface area contributed by atoms with Crippen LogP contribution in [0, 0.1) is 0 Å². The maximum absolute atomic E-state index is 12.8. The number of hydrogen-bond acceptors (Lipinski definition) is 4.